The van der Waals surface area contributed by atoms with Crippen LogP contribution in [0.5, 0.6) is 5.75 Å². The molecule has 0 aliphatic rings. The minimum atomic E-state index is 0.663. The molecular weight excluding hydrogens is 188 g/mol. The molecule has 0 fully saturated rings. The summed E-state index contributed by atoms with van der Waals surface area (Å²) in [5.41, 5.74) is 7.41. The SMILES string of the molecule is C/C=C/CCNc1ccc(N)c(OC)c1. The van der Waals surface area contributed by atoms with E-state index >= 15 is 0 Å². The van der Waals surface area contributed by atoms with E-state index in [1.54, 1.807) is 7.11 Å². The zero-order valence-corrected chi connectivity index (χ0v) is 9.29. The van der Waals surface area contributed by atoms with Crippen LogP contribution in [0.4, 0.5) is 11.4 Å². The molecule has 0 unspecified atom stereocenters. The normalized spacial score (nSPS) is 10.5. The monoisotopic (exact) mass is 206 g/mol. The van der Waals surface area contributed by atoms with Crippen molar-refractivity contribution in [2.75, 3.05) is 24.7 Å². The van der Waals surface area contributed by atoms with Gasteiger partial charge in [-0.2, -0.15) is 0 Å². The van der Waals surface area contributed by atoms with Gasteiger partial charge in [0.15, 0.2) is 0 Å². The van der Waals surface area contributed by atoms with Crippen LogP contribution in [-0.2, 0) is 0 Å². The number of methoxy groups -OCH3 is 1. The minimum absolute atomic E-state index is 0.663. The molecule has 1 aromatic carbocycles. The van der Waals surface area contributed by atoms with E-state index in [9.17, 15) is 0 Å². The maximum absolute atomic E-state index is 5.71. The summed E-state index contributed by atoms with van der Waals surface area (Å²) in [6, 6.07) is 5.70. The number of nitrogens with one attached hydrogen (secondary N) is 1. The second-order valence-corrected chi connectivity index (χ2v) is 3.24. The Bertz CT molecular complexity index is 334. The van der Waals surface area contributed by atoms with Gasteiger partial charge in [0.25, 0.3) is 0 Å². The lowest BCUT2D eigenvalue weighted by molar-refractivity contribution is 0.417. The first-order valence-corrected chi connectivity index (χ1v) is 5.06. The second-order valence-electron chi connectivity index (χ2n) is 3.24. The largest absolute Gasteiger partial charge is 0.495 e. The second kappa shape index (κ2) is 5.96. The standard InChI is InChI=1S/C12H18N2O/c1-3-4-5-8-14-10-6-7-11(13)12(9-10)15-2/h3-4,6-7,9,14H,5,8,13H2,1-2H3/b4-3+. The van der Waals surface area contributed by atoms with Crippen LogP contribution in [-0.4, -0.2) is 13.7 Å². The van der Waals surface area contributed by atoms with Gasteiger partial charge in [-0.15, -0.1) is 0 Å². The van der Waals surface area contributed by atoms with Crippen LogP contribution in [0.25, 0.3) is 0 Å². The Hall–Kier alpha value is -1.64. The molecule has 3 heteroatoms. The van der Waals surface area contributed by atoms with Gasteiger partial charge in [0.1, 0.15) is 5.75 Å². The molecule has 82 valence electrons. The highest BCUT2D eigenvalue weighted by Gasteiger charge is 1.99. The summed E-state index contributed by atoms with van der Waals surface area (Å²) >= 11 is 0. The molecule has 0 amide bonds. The van der Waals surface area contributed by atoms with Crippen molar-refractivity contribution in [3.63, 3.8) is 0 Å². The predicted octanol–water partition coefficient (Wildman–Crippen LogP) is 2.66. The van der Waals surface area contributed by atoms with Crippen molar-refractivity contribution in [1.29, 1.82) is 0 Å². The molecule has 0 saturated carbocycles. The first kappa shape index (κ1) is 11.4. The number of ether oxygens (including phenoxy) is 1. The van der Waals surface area contributed by atoms with Gasteiger partial charge in [-0.1, -0.05) is 12.2 Å². The molecule has 0 heterocycles. The van der Waals surface area contributed by atoms with Crippen LogP contribution in [0.15, 0.2) is 30.4 Å². The third-order valence-electron chi connectivity index (χ3n) is 2.11. The van der Waals surface area contributed by atoms with Crippen LogP contribution in [0, 0.1) is 0 Å². The van der Waals surface area contributed by atoms with E-state index in [0.717, 1.165) is 18.7 Å². The number of nitrogens with two attached hydrogens (primary N) is 1. The summed E-state index contributed by atoms with van der Waals surface area (Å²) in [6.07, 6.45) is 5.19. The van der Waals surface area contributed by atoms with Crippen LogP contribution >= 0.6 is 0 Å². The highest BCUT2D eigenvalue weighted by molar-refractivity contribution is 5.61. The Morgan fingerprint density at radius 3 is 2.93 bits per heavy atom. The Morgan fingerprint density at radius 2 is 2.27 bits per heavy atom. The van der Waals surface area contributed by atoms with Gasteiger partial charge in [-0.05, 0) is 25.5 Å². The highest BCUT2D eigenvalue weighted by atomic mass is 16.5. The van der Waals surface area contributed by atoms with E-state index in [0.29, 0.717) is 11.4 Å². The molecule has 0 bridgehead atoms. The fraction of sp³-hybridized carbons (Fsp3) is 0.333. The van der Waals surface area contributed by atoms with Crippen LogP contribution in [0.2, 0.25) is 0 Å². The Labute approximate surface area is 90.9 Å². The topological polar surface area (TPSA) is 47.3 Å². The van der Waals surface area contributed by atoms with Gasteiger partial charge in [-0.25, -0.2) is 0 Å². The van der Waals surface area contributed by atoms with Crippen molar-refractivity contribution < 1.29 is 4.74 Å². The van der Waals surface area contributed by atoms with Crippen molar-refractivity contribution in [2.24, 2.45) is 0 Å². The molecule has 0 aliphatic carbocycles. The van der Waals surface area contributed by atoms with E-state index in [-0.39, 0.29) is 0 Å². The molecule has 0 atom stereocenters. The molecule has 0 spiro atoms. The van der Waals surface area contributed by atoms with Crippen molar-refractivity contribution in [3.8, 4) is 5.75 Å². The summed E-state index contributed by atoms with van der Waals surface area (Å²) in [6.45, 7) is 2.93. The lowest BCUT2D eigenvalue weighted by atomic mass is 10.2. The van der Waals surface area contributed by atoms with Crippen molar-refractivity contribution in [2.45, 2.75) is 13.3 Å². The van der Waals surface area contributed by atoms with Crippen LogP contribution in [0.1, 0.15) is 13.3 Å². The van der Waals surface area contributed by atoms with Crippen molar-refractivity contribution in [3.05, 3.63) is 30.4 Å². The fourth-order valence-electron chi connectivity index (χ4n) is 1.29. The third kappa shape index (κ3) is 3.54. The van der Waals surface area contributed by atoms with E-state index < -0.39 is 0 Å². The average Bonchev–Trinajstić information content (AvgIpc) is 2.26. The van der Waals surface area contributed by atoms with E-state index in [4.69, 9.17) is 10.5 Å². The Morgan fingerprint density at radius 1 is 1.47 bits per heavy atom. The molecule has 3 N–H and O–H groups in total. The Balaban J connectivity index is 2.54. The fourth-order valence-corrected chi connectivity index (χ4v) is 1.29. The number of hydrogen-bond donors (Lipinski definition) is 2. The van der Waals surface area contributed by atoms with Gasteiger partial charge in [0.05, 0.1) is 12.8 Å². The molecule has 0 aliphatic heterocycles. The van der Waals surface area contributed by atoms with E-state index in [2.05, 4.69) is 11.4 Å². The van der Waals surface area contributed by atoms with Crippen molar-refractivity contribution in [1.82, 2.24) is 0 Å². The quantitative estimate of drug-likeness (QED) is 0.442. The minimum Gasteiger partial charge on any atom is -0.495 e. The number of rotatable bonds is 5. The summed E-state index contributed by atoms with van der Waals surface area (Å²) in [5.74, 6) is 0.714. The maximum atomic E-state index is 5.71. The molecule has 0 aromatic heterocycles. The molecule has 0 saturated heterocycles. The van der Waals surface area contributed by atoms with Gasteiger partial charge < -0.3 is 15.8 Å². The first-order chi connectivity index (χ1) is 7.27. The zero-order valence-electron chi connectivity index (χ0n) is 9.29. The number of hydrogen-bond acceptors (Lipinski definition) is 3. The first-order valence-electron chi connectivity index (χ1n) is 5.06. The summed E-state index contributed by atoms with van der Waals surface area (Å²) in [7, 11) is 1.62. The number of nitrogen functional groups attached to an aromatic ring is 1. The average molecular weight is 206 g/mol. The highest BCUT2D eigenvalue weighted by Crippen LogP contribution is 2.24. The summed E-state index contributed by atoms with van der Waals surface area (Å²) < 4.78 is 5.13. The van der Waals surface area contributed by atoms with E-state index in [1.807, 2.05) is 31.2 Å². The smallest absolute Gasteiger partial charge is 0.143 e. The molecule has 15 heavy (non-hydrogen) atoms. The number of anilines is 2. The molecular formula is C12H18N2O. The van der Waals surface area contributed by atoms with Gasteiger partial charge in [-0.3, -0.25) is 0 Å². The zero-order chi connectivity index (χ0) is 11.1. The van der Waals surface area contributed by atoms with Gasteiger partial charge >= 0.3 is 0 Å². The number of allylic oxidation sites excluding steroid dienone is 1. The van der Waals surface area contributed by atoms with Crippen LogP contribution < -0.4 is 15.8 Å². The van der Waals surface area contributed by atoms with Crippen molar-refractivity contribution >= 4 is 11.4 Å². The predicted molar refractivity (Wildman–Crippen MR) is 65.3 cm³/mol. The third-order valence-corrected chi connectivity index (χ3v) is 2.11. The lowest BCUT2D eigenvalue weighted by Crippen LogP contribution is -2.01. The van der Waals surface area contributed by atoms with E-state index in [1.165, 1.54) is 0 Å². The lowest BCUT2D eigenvalue weighted by Gasteiger charge is -2.08. The molecule has 1 aromatic rings. The molecule has 0 radical (unpaired) electrons. The summed E-state index contributed by atoms with van der Waals surface area (Å²) in [4.78, 5) is 0. The van der Waals surface area contributed by atoms with Gasteiger partial charge in [0.2, 0.25) is 0 Å². The van der Waals surface area contributed by atoms with Crippen LogP contribution in [0.3, 0.4) is 0 Å². The maximum Gasteiger partial charge on any atom is 0.143 e. The number of benzene rings is 1. The summed E-state index contributed by atoms with van der Waals surface area (Å²) in [5, 5.41) is 3.29. The van der Waals surface area contributed by atoms with Gasteiger partial charge in [0, 0.05) is 18.3 Å². The Kier molecular flexibility index (Phi) is 4.54. The molecule has 1 rings (SSSR count). The molecule has 3 nitrogen and oxygen atoms in total.